The maximum atomic E-state index is 13.5. The SMILES string of the molecule is CC(C)N1CCC(CN2CCC(c3cccc(S(=O)(=O)N4CCC(NC(=O)OC(C)(C)C)CC4)c3)CC2)CC1. The summed E-state index contributed by atoms with van der Waals surface area (Å²) >= 11 is 0. The van der Waals surface area contributed by atoms with Gasteiger partial charge in [0.15, 0.2) is 0 Å². The number of nitrogens with zero attached hydrogens (tertiary/aromatic N) is 3. The quantitative estimate of drug-likeness (QED) is 0.520. The van der Waals surface area contributed by atoms with Crippen LogP contribution in [0.5, 0.6) is 0 Å². The van der Waals surface area contributed by atoms with Crippen molar-refractivity contribution in [2.75, 3.05) is 45.8 Å². The van der Waals surface area contributed by atoms with E-state index in [1.165, 1.54) is 32.5 Å². The number of benzene rings is 1. The number of sulfonamides is 1. The van der Waals surface area contributed by atoms with Crippen molar-refractivity contribution in [3.05, 3.63) is 29.8 Å². The number of ether oxygens (including phenoxy) is 1. The second-order valence-electron chi connectivity index (χ2n) is 13.0. The van der Waals surface area contributed by atoms with Gasteiger partial charge < -0.3 is 19.9 Å². The van der Waals surface area contributed by atoms with E-state index >= 15 is 0 Å². The zero-order valence-electron chi connectivity index (χ0n) is 24.7. The number of amides is 1. The molecule has 3 fully saturated rings. The van der Waals surface area contributed by atoms with Gasteiger partial charge in [0.2, 0.25) is 10.0 Å². The highest BCUT2D eigenvalue weighted by molar-refractivity contribution is 7.89. The summed E-state index contributed by atoms with van der Waals surface area (Å²) in [4.78, 5) is 17.7. The summed E-state index contributed by atoms with van der Waals surface area (Å²) in [7, 11) is -3.57. The average molecular weight is 563 g/mol. The number of hydrogen-bond acceptors (Lipinski definition) is 6. The molecule has 4 rings (SSSR count). The number of carbonyl (C=O) groups excluding carboxylic acids is 1. The van der Waals surface area contributed by atoms with Gasteiger partial charge in [0.25, 0.3) is 0 Å². The standard InChI is InChI=1S/C30H50N4O4S/c1-23(2)33-17-9-24(10-18-33)22-32-15-11-25(12-16-32)26-7-6-8-28(21-26)39(36,37)34-19-13-27(14-20-34)31-29(35)38-30(3,4)5/h6-8,21,23-25,27H,9-20,22H2,1-5H3,(H,31,35). The summed E-state index contributed by atoms with van der Waals surface area (Å²) in [5.74, 6) is 1.21. The van der Waals surface area contributed by atoms with Gasteiger partial charge in [-0.2, -0.15) is 4.31 Å². The normalized spacial score (nSPS) is 22.3. The molecule has 1 N–H and O–H groups in total. The fraction of sp³-hybridized carbons (Fsp3) is 0.767. The summed E-state index contributed by atoms with van der Waals surface area (Å²) in [6, 6.07) is 8.19. The number of alkyl carbamates (subject to hydrolysis) is 1. The molecule has 1 aromatic carbocycles. The monoisotopic (exact) mass is 562 g/mol. The number of carbonyl (C=O) groups is 1. The van der Waals surface area contributed by atoms with Crippen molar-refractivity contribution in [2.24, 2.45) is 5.92 Å². The number of likely N-dealkylation sites (tertiary alicyclic amines) is 2. The van der Waals surface area contributed by atoms with E-state index in [0.29, 0.717) is 42.8 Å². The molecule has 1 aromatic rings. The molecule has 0 unspecified atom stereocenters. The average Bonchev–Trinajstić information content (AvgIpc) is 2.89. The van der Waals surface area contributed by atoms with Gasteiger partial charge in [-0.05, 0) is 129 Å². The minimum atomic E-state index is -3.57. The highest BCUT2D eigenvalue weighted by Gasteiger charge is 2.32. The fourth-order valence-corrected chi connectivity index (χ4v) is 7.78. The second kappa shape index (κ2) is 12.9. The van der Waals surface area contributed by atoms with E-state index in [9.17, 15) is 13.2 Å². The number of piperidine rings is 3. The Balaban J connectivity index is 1.26. The topological polar surface area (TPSA) is 82.2 Å². The van der Waals surface area contributed by atoms with Crippen LogP contribution in [0.4, 0.5) is 4.79 Å². The van der Waals surface area contributed by atoms with E-state index in [-0.39, 0.29) is 6.04 Å². The van der Waals surface area contributed by atoms with E-state index in [2.05, 4.69) is 35.0 Å². The molecule has 3 heterocycles. The number of nitrogens with one attached hydrogen (secondary N) is 1. The van der Waals surface area contributed by atoms with E-state index < -0.39 is 21.7 Å². The van der Waals surface area contributed by atoms with Gasteiger partial charge in [0.1, 0.15) is 5.60 Å². The molecule has 3 aliphatic heterocycles. The van der Waals surface area contributed by atoms with Gasteiger partial charge in [0, 0.05) is 31.7 Å². The summed E-state index contributed by atoms with van der Waals surface area (Å²) in [6.07, 6.45) is 5.46. The molecule has 220 valence electrons. The van der Waals surface area contributed by atoms with Crippen molar-refractivity contribution in [3.8, 4) is 0 Å². The van der Waals surface area contributed by atoms with Gasteiger partial charge >= 0.3 is 6.09 Å². The molecule has 39 heavy (non-hydrogen) atoms. The Morgan fingerprint density at radius 1 is 0.974 bits per heavy atom. The third kappa shape index (κ3) is 8.41. The Morgan fingerprint density at radius 3 is 2.21 bits per heavy atom. The molecular formula is C30H50N4O4S. The van der Waals surface area contributed by atoms with E-state index in [1.807, 2.05) is 32.9 Å². The van der Waals surface area contributed by atoms with E-state index in [4.69, 9.17) is 4.74 Å². The van der Waals surface area contributed by atoms with Crippen molar-refractivity contribution >= 4 is 16.1 Å². The number of hydrogen-bond donors (Lipinski definition) is 1. The Morgan fingerprint density at radius 2 is 1.62 bits per heavy atom. The summed E-state index contributed by atoms with van der Waals surface area (Å²) in [5.41, 5.74) is 0.587. The van der Waals surface area contributed by atoms with Crippen molar-refractivity contribution in [2.45, 2.75) is 102 Å². The molecule has 0 aromatic heterocycles. The van der Waals surface area contributed by atoms with Crippen LogP contribution in [-0.4, -0.2) is 92.1 Å². The largest absolute Gasteiger partial charge is 0.444 e. The van der Waals surface area contributed by atoms with Crippen LogP contribution < -0.4 is 5.32 Å². The van der Waals surface area contributed by atoms with Crippen LogP contribution in [0, 0.1) is 5.92 Å². The smallest absolute Gasteiger partial charge is 0.407 e. The van der Waals surface area contributed by atoms with Crippen LogP contribution in [0.3, 0.4) is 0 Å². The lowest BCUT2D eigenvalue weighted by atomic mass is 9.88. The van der Waals surface area contributed by atoms with E-state index in [0.717, 1.165) is 37.4 Å². The van der Waals surface area contributed by atoms with Crippen LogP contribution in [-0.2, 0) is 14.8 Å². The van der Waals surface area contributed by atoms with Gasteiger partial charge in [0.05, 0.1) is 4.90 Å². The lowest BCUT2D eigenvalue weighted by molar-refractivity contribution is 0.0489. The van der Waals surface area contributed by atoms with Crippen LogP contribution in [0.1, 0.15) is 84.6 Å². The predicted octanol–water partition coefficient (Wildman–Crippen LogP) is 4.66. The first-order valence-corrected chi connectivity index (χ1v) is 16.4. The summed E-state index contributed by atoms with van der Waals surface area (Å²) in [5, 5.41) is 2.89. The van der Waals surface area contributed by atoms with E-state index in [1.54, 1.807) is 10.4 Å². The molecular weight excluding hydrogens is 512 g/mol. The fourth-order valence-electron chi connectivity index (χ4n) is 6.26. The maximum absolute atomic E-state index is 13.5. The third-order valence-corrected chi connectivity index (χ3v) is 10.5. The van der Waals surface area contributed by atoms with Crippen LogP contribution >= 0.6 is 0 Å². The molecule has 0 atom stereocenters. The molecule has 3 aliphatic rings. The Kier molecular flexibility index (Phi) is 10.00. The molecule has 0 spiro atoms. The molecule has 1 amide bonds. The molecule has 9 heteroatoms. The van der Waals surface area contributed by atoms with Crippen molar-refractivity contribution < 1.29 is 17.9 Å². The van der Waals surface area contributed by atoms with Gasteiger partial charge in [-0.3, -0.25) is 0 Å². The molecule has 0 radical (unpaired) electrons. The molecule has 0 aliphatic carbocycles. The van der Waals surface area contributed by atoms with Gasteiger partial charge in [-0.1, -0.05) is 12.1 Å². The Labute approximate surface area is 236 Å². The summed E-state index contributed by atoms with van der Waals surface area (Å²) in [6.45, 7) is 16.7. The molecule has 8 nitrogen and oxygen atoms in total. The maximum Gasteiger partial charge on any atom is 0.407 e. The van der Waals surface area contributed by atoms with Gasteiger partial charge in [-0.25, -0.2) is 13.2 Å². The summed E-state index contributed by atoms with van der Waals surface area (Å²) < 4.78 is 33.9. The highest BCUT2D eigenvalue weighted by atomic mass is 32.2. The first-order chi connectivity index (χ1) is 18.4. The molecule has 0 bridgehead atoms. The van der Waals surface area contributed by atoms with Crippen molar-refractivity contribution in [1.29, 1.82) is 0 Å². The first kappa shape index (κ1) is 30.3. The minimum absolute atomic E-state index is 0.0782. The molecule has 3 saturated heterocycles. The molecule has 0 saturated carbocycles. The second-order valence-corrected chi connectivity index (χ2v) is 15.0. The van der Waals surface area contributed by atoms with Crippen molar-refractivity contribution in [3.63, 3.8) is 0 Å². The Bertz CT molecular complexity index is 1050. The first-order valence-electron chi connectivity index (χ1n) is 15.0. The lowest BCUT2D eigenvalue weighted by Crippen LogP contribution is -2.47. The lowest BCUT2D eigenvalue weighted by Gasteiger charge is -2.39. The zero-order valence-corrected chi connectivity index (χ0v) is 25.5. The van der Waals surface area contributed by atoms with Gasteiger partial charge in [-0.15, -0.1) is 0 Å². The van der Waals surface area contributed by atoms with Crippen LogP contribution in [0.15, 0.2) is 29.2 Å². The minimum Gasteiger partial charge on any atom is -0.444 e. The highest BCUT2D eigenvalue weighted by Crippen LogP contribution is 2.32. The zero-order chi connectivity index (χ0) is 28.2. The van der Waals surface area contributed by atoms with Crippen molar-refractivity contribution in [1.82, 2.24) is 19.4 Å². The third-order valence-electron chi connectivity index (χ3n) is 8.63. The predicted molar refractivity (Wildman–Crippen MR) is 155 cm³/mol. The number of rotatable bonds is 7. The van der Waals surface area contributed by atoms with Crippen LogP contribution in [0.25, 0.3) is 0 Å². The van der Waals surface area contributed by atoms with Crippen LogP contribution in [0.2, 0.25) is 0 Å². The Hall–Kier alpha value is -1.68.